The van der Waals surface area contributed by atoms with E-state index in [0.717, 1.165) is 12.8 Å². The van der Waals surface area contributed by atoms with Crippen molar-refractivity contribution in [3.63, 3.8) is 0 Å². The number of rotatable bonds is 2. The summed E-state index contributed by atoms with van der Waals surface area (Å²) >= 11 is 0. The minimum Gasteiger partial charge on any atom is -0.308 e. The average molecular weight is 528 g/mol. The molecule has 41 heavy (non-hydrogen) atoms. The molecule has 6 aromatic rings. The summed E-state index contributed by atoms with van der Waals surface area (Å²) in [4.78, 5) is 0. The van der Waals surface area contributed by atoms with Crippen LogP contribution in [0.2, 0.25) is 0 Å². The SMILES string of the molecule is CC1(C)c2cccc3c2-n2c4c1cccc4c1cc(C4=C(c5cccc6ccccc56)CCC=C4)cc(c12)C3(C)C. The molecule has 0 atom stereocenters. The van der Waals surface area contributed by atoms with E-state index in [-0.39, 0.29) is 10.8 Å². The van der Waals surface area contributed by atoms with Gasteiger partial charge in [0.25, 0.3) is 0 Å². The van der Waals surface area contributed by atoms with Crippen LogP contribution in [0.25, 0.3) is 49.4 Å². The zero-order valence-electron chi connectivity index (χ0n) is 24.2. The van der Waals surface area contributed by atoms with Crippen LogP contribution in [0.15, 0.2) is 103 Å². The standard InChI is InChI=1S/C40H33N/c1-39(2)32-19-10-18-30-31-22-25(27-15-7-8-16-28(27)29-17-9-13-24-12-5-6-14-26(24)29)23-35-37(31)41(36(30)32)38-33(39)20-11-21-34(38)40(35,3)4/h5-7,9-15,17-23H,8,16H2,1-4H3. The van der Waals surface area contributed by atoms with E-state index in [2.05, 4.69) is 135 Å². The second kappa shape index (κ2) is 7.68. The zero-order chi connectivity index (χ0) is 27.7. The fourth-order valence-corrected chi connectivity index (χ4v) is 8.34. The van der Waals surface area contributed by atoms with E-state index < -0.39 is 0 Å². The molecule has 0 N–H and O–H groups in total. The Morgan fingerprint density at radius 2 is 1.27 bits per heavy atom. The lowest BCUT2D eigenvalue weighted by atomic mass is 9.68. The number of aromatic nitrogens is 1. The third-order valence-corrected chi connectivity index (χ3v) is 10.4. The lowest BCUT2D eigenvalue weighted by molar-refractivity contribution is 0.593. The summed E-state index contributed by atoms with van der Waals surface area (Å²) in [5.74, 6) is 0. The minimum atomic E-state index is -0.115. The topological polar surface area (TPSA) is 4.93 Å². The maximum absolute atomic E-state index is 2.62. The van der Waals surface area contributed by atoms with Crippen LogP contribution >= 0.6 is 0 Å². The maximum atomic E-state index is 2.62. The van der Waals surface area contributed by atoms with Crippen molar-refractivity contribution in [3.05, 3.63) is 137 Å². The van der Waals surface area contributed by atoms with Crippen LogP contribution in [-0.4, -0.2) is 4.57 Å². The van der Waals surface area contributed by atoms with Gasteiger partial charge in [-0.2, -0.15) is 0 Å². The van der Waals surface area contributed by atoms with Gasteiger partial charge in [-0.25, -0.2) is 0 Å². The highest BCUT2D eigenvalue weighted by atomic mass is 15.0. The van der Waals surface area contributed by atoms with Gasteiger partial charge in [0.1, 0.15) is 0 Å². The molecule has 0 saturated carbocycles. The molecule has 0 bridgehead atoms. The second-order valence-electron chi connectivity index (χ2n) is 13.3. The molecule has 0 unspecified atom stereocenters. The van der Waals surface area contributed by atoms with Gasteiger partial charge in [0.05, 0.1) is 16.7 Å². The Kier molecular flexibility index (Phi) is 4.37. The van der Waals surface area contributed by atoms with E-state index >= 15 is 0 Å². The molecule has 3 aliphatic rings. The Hall–Kier alpha value is -4.36. The summed E-state index contributed by atoms with van der Waals surface area (Å²) in [7, 11) is 0. The third kappa shape index (κ3) is 2.82. The molecule has 1 heteroatoms. The van der Waals surface area contributed by atoms with Crippen molar-refractivity contribution >= 4 is 43.7 Å². The van der Waals surface area contributed by atoms with Gasteiger partial charge >= 0.3 is 0 Å². The second-order valence-corrected chi connectivity index (χ2v) is 13.3. The van der Waals surface area contributed by atoms with Crippen molar-refractivity contribution in [1.82, 2.24) is 4.57 Å². The molecule has 3 heterocycles. The monoisotopic (exact) mass is 527 g/mol. The van der Waals surface area contributed by atoms with Crippen molar-refractivity contribution in [2.75, 3.05) is 0 Å². The molecule has 1 aliphatic carbocycles. The van der Waals surface area contributed by atoms with Crippen LogP contribution in [0.4, 0.5) is 0 Å². The van der Waals surface area contributed by atoms with Gasteiger partial charge in [0.15, 0.2) is 0 Å². The summed E-state index contributed by atoms with van der Waals surface area (Å²) in [6, 6.07) is 34.6. The molecule has 1 nitrogen and oxygen atoms in total. The summed E-state index contributed by atoms with van der Waals surface area (Å²) < 4.78 is 2.62. The maximum Gasteiger partial charge on any atom is 0.0582 e. The summed E-state index contributed by atoms with van der Waals surface area (Å²) in [6.07, 6.45) is 6.89. The molecule has 0 spiro atoms. The van der Waals surface area contributed by atoms with Crippen molar-refractivity contribution in [1.29, 1.82) is 0 Å². The van der Waals surface area contributed by atoms with Crippen molar-refractivity contribution < 1.29 is 0 Å². The van der Waals surface area contributed by atoms with Gasteiger partial charge in [-0.05, 0) is 80.3 Å². The van der Waals surface area contributed by atoms with Crippen molar-refractivity contribution in [2.45, 2.75) is 51.4 Å². The van der Waals surface area contributed by atoms with E-state index in [1.54, 1.807) is 0 Å². The van der Waals surface area contributed by atoms with E-state index in [9.17, 15) is 0 Å². The fraction of sp³-hybridized carbons (Fsp3) is 0.200. The highest BCUT2D eigenvalue weighted by Gasteiger charge is 2.43. The molecular weight excluding hydrogens is 494 g/mol. The molecule has 0 radical (unpaired) electrons. The normalized spacial score (nSPS) is 17.8. The molecule has 1 aromatic heterocycles. The summed E-state index contributed by atoms with van der Waals surface area (Å²) in [5.41, 5.74) is 15.3. The van der Waals surface area contributed by atoms with E-state index in [0.29, 0.717) is 0 Å². The number of nitrogens with zero attached hydrogens (tertiary/aromatic N) is 1. The van der Waals surface area contributed by atoms with Crippen molar-refractivity contribution in [3.8, 4) is 5.69 Å². The van der Waals surface area contributed by atoms with Crippen LogP contribution in [0.5, 0.6) is 0 Å². The van der Waals surface area contributed by atoms with Crippen LogP contribution in [-0.2, 0) is 10.8 Å². The molecule has 198 valence electrons. The van der Waals surface area contributed by atoms with Gasteiger partial charge in [-0.3, -0.25) is 0 Å². The first-order chi connectivity index (χ1) is 19.9. The quantitative estimate of drug-likeness (QED) is 0.211. The third-order valence-electron chi connectivity index (χ3n) is 10.4. The Bertz CT molecular complexity index is 2190. The molecule has 0 amide bonds. The van der Waals surface area contributed by atoms with Gasteiger partial charge < -0.3 is 4.57 Å². The summed E-state index contributed by atoms with van der Waals surface area (Å²) in [6.45, 7) is 9.67. The lowest BCUT2D eigenvalue weighted by Gasteiger charge is -2.42. The van der Waals surface area contributed by atoms with Crippen molar-refractivity contribution in [2.24, 2.45) is 0 Å². The zero-order valence-corrected chi connectivity index (χ0v) is 24.2. The Balaban J connectivity index is 1.43. The number of allylic oxidation sites excluding steroid dienone is 4. The molecule has 5 aromatic carbocycles. The Labute approximate surface area is 241 Å². The van der Waals surface area contributed by atoms with Gasteiger partial charge in [0.2, 0.25) is 0 Å². The number of hydrogen-bond acceptors (Lipinski definition) is 0. The van der Waals surface area contributed by atoms with E-state index in [1.165, 1.54) is 82.8 Å². The molecule has 9 rings (SSSR count). The Morgan fingerprint density at radius 3 is 2.12 bits per heavy atom. The first-order valence-electron chi connectivity index (χ1n) is 15.0. The minimum absolute atomic E-state index is 0.0538. The van der Waals surface area contributed by atoms with Crippen LogP contribution in [0, 0.1) is 0 Å². The predicted molar refractivity (Wildman–Crippen MR) is 174 cm³/mol. The van der Waals surface area contributed by atoms with Gasteiger partial charge in [0, 0.05) is 21.6 Å². The molecule has 0 fully saturated rings. The number of fused-ring (bicyclic) bond motifs is 2. The van der Waals surface area contributed by atoms with Crippen LogP contribution in [0.1, 0.15) is 73.9 Å². The summed E-state index contributed by atoms with van der Waals surface area (Å²) in [5, 5.41) is 5.40. The van der Waals surface area contributed by atoms with Crippen LogP contribution in [0.3, 0.4) is 0 Å². The van der Waals surface area contributed by atoms with Gasteiger partial charge in [-0.15, -0.1) is 0 Å². The number of hydrogen-bond donors (Lipinski definition) is 0. The average Bonchev–Trinajstić information content (AvgIpc) is 3.33. The number of benzene rings is 5. The highest BCUT2D eigenvalue weighted by molar-refractivity contribution is 6.15. The first-order valence-corrected chi connectivity index (χ1v) is 15.0. The van der Waals surface area contributed by atoms with Crippen LogP contribution < -0.4 is 0 Å². The predicted octanol–water partition coefficient (Wildman–Crippen LogP) is 10.5. The van der Waals surface area contributed by atoms with E-state index in [4.69, 9.17) is 0 Å². The largest absolute Gasteiger partial charge is 0.308 e. The van der Waals surface area contributed by atoms with E-state index in [1.807, 2.05) is 0 Å². The smallest absolute Gasteiger partial charge is 0.0582 e. The number of para-hydroxylation sites is 2. The molecular formula is C40H33N. The fourth-order valence-electron chi connectivity index (χ4n) is 8.34. The Morgan fingerprint density at radius 1 is 0.610 bits per heavy atom. The molecule has 0 saturated heterocycles. The highest BCUT2D eigenvalue weighted by Crippen LogP contribution is 2.55. The van der Waals surface area contributed by atoms with Gasteiger partial charge in [-0.1, -0.05) is 119 Å². The lowest BCUT2D eigenvalue weighted by Crippen LogP contribution is -2.33. The first kappa shape index (κ1) is 23.4. The molecule has 2 aliphatic heterocycles.